The van der Waals surface area contributed by atoms with E-state index in [2.05, 4.69) is 25.4 Å². The van der Waals surface area contributed by atoms with Crippen molar-refractivity contribution in [1.29, 1.82) is 0 Å². The molecule has 0 bridgehead atoms. The lowest BCUT2D eigenvalue weighted by atomic mass is 10.4. The third kappa shape index (κ3) is 2.06. The quantitative estimate of drug-likeness (QED) is 0.606. The number of hydrogen-bond donors (Lipinski definition) is 0. The van der Waals surface area contributed by atoms with Crippen LogP contribution < -0.4 is 0 Å². The Balaban J connectivity index is 2.52. The zero-order valence-corrected chi connectivity index (χ0v) is 10.3. The Bertz CT molecular complexity index is 519. The minimum Gasteiger partial charge on any atom is -0.238 e. The maximum atomic E-state index is 12.5. The molecule has 1 aliphatic rings. The normalized spacial score (nSPS) is 18.9. The molecule has 1 aliphatic carbocycles. The molecule has 1 unspecified atom stereocenters. The summed E-state index contributed by atoms with van der Waals surface area (Å²) in [6, 6.07) is 7.21. The Hall–Kier alpha value is -0.860. The van der Waals surface area contributed by atoms with Gasteiger partial charge in [0.1, 0.15) is 4.47 Å². The van der Waals surface area contributed by atoms with Crippen LogP contribution in [0.4, 0.5) is 0 Å². The summed E-state index contributed by atoms with van der Waals surface area (Å²) >= 11 is 3.32. The molecule has 0 aromatic heterocycles. The van der Waals surface area contributed by atoms with E-state index in [0.29, 0.717) is 4.90 Å². The molecule has 0 amide bonds. The van der Waals surface area contributed by atoms with E-state index in [1.807, 2.05) is 12.1 Å². The summed E-state index contributed by atoms with van der Waals surface area (Å²) < 4.78 is 17.0. The maximum absolute atomic E-state index is 12.5. The minimum atomic E-state index is -2.49. The highest BCUT2D eigenvalue weighted by molar-refractivity contribution is 9.10. The third-order valence-electron chi connectivity index (χ3n) is 2.29. The van der Waals surface area contributed by atoms with E-state index in [-0.39, 0.29) is 5.25 Å². The zero-order valence-electron chi connectivity index (χ0n) is 7.89. The number of rotatable bonds is 2. The van der Waals surface area contributed by atoms with Gasteiger partial charge in [0.05, 0.1) is 10.1 Å². The lowest BCUT2D eigenvalue weighted by molar-refractivity contribution is 0.675. The van der Waals surface area contributed by atoms with E-state index in [9.17, 15) is 4.21 Å². The highest BCUT2D eigenvalue weighted by Crippen LogP contribution is 2.35. The van der Waals surface area contributed by atoms with Crippen LogP contribution in [0.3, 0.4) is 0 Å². The Morgan fingerprint density at radius 2 is 2.00 bits per heavy atom. The summed E-state index contributed by atoms with van der Waals surface area (Å²) in [7, 11) is -2.49. The average molecular weight is 285 g/mol. The number of nitrogens with zero attached hydrogens (tertiary/aromatic N) is 2. The second kappa shape index (κ2) is 3.95. The fourth-order valence-corrected chi connectivity index (χ4v) is 3.68. The molecule has 1 aromatic rings. The molecule has 0 heterocycles. The van der Waals surface area contributed by atoms with Crippen LogP contribution in [0, 0.1) is 6.57 Å². The van der Waals surface area contributed by atoms with Gasteiger partial charge in [-0.25, -0.2) is 4.21 Å². The minimum absolute atomic E-state index is 0.0766. The van der Waals surface area contributed by atoms with Crippen molar-refractivity contribution >= 4 is 25.7 Å². The van der Waals surface area contributed by atoms with Crippen molar-refractivity contribution in [3.8, 4) is 0 Å². The lowest BCUT2D eigenvalue weighted by Gasteiger charge is -2.03. The molecule has 0 saturated heterocycles. The first-order chi connectivity index (χ1) is 7.16. The highest BCUT2D eigenvalue weighted by Gasteiger charge is 2.37. The van der Waals surface area contributed by atoms with E-state index in [0.717, 1.165) is 17.3 Å². The average Bonchev–Trinajstić information content (AvgIpc) is 3.02. The van der Waals surface area contributed by atoms with Crippen molar-refractivity contribution in [3.63, 3.8) is 0 Å². The molecular weight excluding hydrogens is 276 g/mol. The molecule has 0 radical (unpaired) electrons. The summed E-state index contributed by atoms with van der Waals surface area (Å²) in [6.45, 7) is 6.74. The second-order valence-electron chi connectivity index (χ2n) is 3.40. The molecule has 1 fully saturated rings. The van der Waals surface area contributed by atoms with E-state index in [4.69, 9.17) is 6.57 Å². The number of halogens is 1. The van der Waals surface area contributed by atoms with E-state index >= 15 is 0 Å². The van der Waals surface area contributed by atoms with Crippen molar-refractivity contribution in [1.82, 2.24) is 0 Å². The van der Waals surface area contributed by atoms with Gasteiger partial charge in [-0.1, -0.05) is 15.9 Å². The summed E-state index contributed by atoms with van der Waals surface area (Å²) in [4.78, 5) is 3.63. The van der Waals surface area contributed by atoms with E-state index < -0.39 is 9.73 Å². The summed E-state index contributed by atoms with van der Waals surface area (Å²) in [6.07, 6.45) is 1.82. The molecule has 5 heteroatoms. The van der Waals surface area contributed by atoms with Crippen molar-refractivity contribution in [2.45, 2.75) is 23.0 Å². The van der Waals surface area contributed by atoms with Gasteiger partial charge in [-0.2, -0.15) is 6.57 Å². The summed E-state index contributed by atoms with van der Waals surface area (Å²) in [5.41, 5.74) is 0. The van der Waals surface area contributed by atoms with Crippen LogP contribution in [0.1, 0.15) is 12.8 Å². The van der Waals surface area contributed by atoms with Gasteiger partial charge in [0, 0.05) is 4.47 Å². The van der Waals surface area contributed by atoms with Crippen LogP contribution in [0.25, 0.3) is 4.95 Å². The Labute approximate surface area is 97.6 Å². The molecule has 1 aromatic carbocycles. The first-order valence-corrected chi connectivity index (χ1v) is 6.91. The molecule has 0 aliphatic heterocycles. The van der Waals surface area contributed by atoms with E-state index in [1.165, 1.54) is 0 Å². The van der Waals surface area contributed by atoms with Crippen LogP contribution in [-0.4, -0.2) is 9.46 Å². The van der Waals surface area contributed by atoms with Gasteiger partial charge >= 0.3 is 0 Å². The summed E-state index contributed by atoms with van der Waals surface area (Å²) in [5, 5.41) is 0.0766. The first kappa shape index (κ1) is 10.7. The predicted molar refractivity (Wildman–Crippen MR) is 62.6 cm³/mol. The van der Waals surface area contributed by atoms with Crippen LogP contribution in [-0.2, 0) is 9.73 Å². The van der Waals surface area contributed by atoms with E-state index in [1.54, 1.807) is 12.1 Å². The number of benzene rings is 1. The molecule has 1 atom stereocenters. The van der Waals surface area contributed by atoms with Crippen molar-refractivity contribution < 1.29 is 4.21 Å². The predicted octanol–water partition coefficient (Wildman–Crippen LogP) is 3.27. The molecule has 1 saturated carbocycles. The molecule has 78 valence electrons. The monoisotopic (exact) mass is 284 g/mol. The van der Waals surface area contributed by atoms with Gasteiger partial charge in [-0.15, -0.1) is 4.95 Å². The Kier molecular flexibility index (Phi) is 2.81. The Morgan fingerprint density at radius 1 is 1.40 bits per heavy atom. The van der Waals surface area contributed by atoms with Gasteiger partial charge in [0.15, 0.2) is 9.73 Å². The first-order valence-electron chi connectivity index (χ1n) is 4.54. The topological polar surface area (TPSA) is 33.8 Å². The highest BCUT2D eigenvalue weighted by atomic mass is 79.9. The molecule has 2 rings (SSSR count). The van der Waals surface area contributed by atoms with Gasteiger partial charge in [0.25, 0.3) is 0 Å². The fraction of sp³-hybridized carbons (Fsp3) is 0.300. The molecule has 0 spiro atoms. The van der Waals surface area contributed by atoms with Crippen molar-refractivity contribution in [2.75, 3.05) is 0 Å². The van der Waals surface area contributed by atoms with Crippen LogP contribution in [0.5, 0.6) is 0 Å². The standard InChI is InChI=1S/C10H9BrN2OS/c1-12-13-15(14,10-6-7-10)9-4-2-8(11)3-5-9/h2-5,10H,6-7H2. The fourth-order valence-electron chi connectivity index (χ4n) is 1.38. The lowest BCUT2D eigenvalue weighted by Crippen LogP contribution is -2.06. The SMILES string of the molecule is [C-]#[N+]N=S(=O)(c1ccc(Br)cc1)C1CC1. The number of hydrogen-bond acceptors (Lipinski definition) is 2. The maximum Gasteiger partial charge on any atom is 0.156 e. The van der Waals surface area contributed by atoms with Crippen molar-refractivity contribution in [2.24, 2.45) is 4.47 Å². The smallest absolute Gasteiger partial charge is 0.156 e. The second-order valence-corrected chi connectivity index (χ2v) is 6.76. The molecule has 3 nitrogen and oxygen atoms in total. The summed E-state index contributed by atoms with van der Waals surface area (Å²) in [5.74, 6) is 0. The van der Waals surface area contributed by atoms with Crippen molar-refractivity contribution in [3.05, 3.63) is 40.3 Å². The van der Waals surface area contributed by atoms with Gasteiger partial charge < -0.3 is 0 Å². The van der Waals surface area contributed by atoms with Crippen LogP contribution in [0.15, 0.2) is 38.1 Å². The Morgan fingerprint density at radius 3 is 2.47 bits per heavy atom. The van der Waals surface area contributed by atoms with Gasteiger partial charge in [-0.05, 0) is 37.1 Å². The zero-order chi connectivity index (χ0) is 10.9. The largest absolute Gasteiger partial charge is 0.238 e. The van der Waals surface area contributed by atoms with Crippen LogP contribution in [0.2, 0.25) is 0 Å². The van der Waals surface area contributed by atoms with Gasteiger partial charge in [-0.3, -0.25) is 0 Å². The van der Waals surface area contributed by atoms with Gasteiger partial charge in [0.2, 0.25) is 0 Å². The van der Waals surface area contributed by atoms with Crippen LogP contribution >= 0.6 is 15.9 Å². The third-order valence-corrected chi connectivity index (χ3v) is 5.47. The molecular formula is C10H9BrN2OS. The molecule has 0 N–H and O–H groups in total. The molecule has 15 heavy (non-hydrogen) atoms.